The molecule has 0 saturated heterocycles. The van der Waals surface area contributed by atoms with Crippen LogP contribution in [-0.4, -0.2) is 33.8 Å². The van der Waals surface area contributed by atoms with Crippen molar-refractivity contribution < 1.29 is 14.3 Å². The topological polar surface area (TPSA) is 90.3 Å². The Labute approximate surface area is 198 Å². The van der Waals surface area contributed by atoms with Crippen LogP contribution in [0.4, 0.5) is 5.00 Å². The lowest BCUT2D eigenvalue weighted by atomic mass is 10.2. The quantitative estimate of drug-likeness (QED) is 0.235. The molecular formula is C24H21N3O4S2. The zero-order chi connectivity index (χ0) is 23.4. The molecular weight excluding hydrogens is 458 g/mol. The van der Waals surface area contributed by atoms with E-state index in [0.717, 1.165) is 5.56 Å². The summed E-state index contributed by atoms with van der Waals surface area (Å²) in [5.41, 5.74) is 1.81. The highest BCUT2D eigenvalue weighted by Gasteiger charge is 2.18. The second-order valence-electron chi connectivity index (χ2n) is 7.07. The van der Waals surface area contributed by atoms with Gasteiger partial charge in [-0.1, -0.05) is 42.1 Å². The SMILES string of the molecule is CCOC(=O)c1sc(NC(=O)CSc2nc3ccccc3c(=O)n2-c2ccccc2)cc1C. The number of fused-ring (bicyclic) bond motifs is 1. The number of thiophene rings is 1. The van der Waals surface area contributed by atoms with Crippen LogP contribution >= 0.6 is 23.1 Å². The monoisotopic (exact) mass is 479 g/mol. The van der Waals surface area contributed by atoms with Gasteiger partial charge in [-0.3, -0.25) is 14.2 Å². The average Bonchev–Trinajstić information content (AvgIpc) is 3.18. The predicted molar refractivity (Wildman–Crippen MR) is 132 cm³/mol. The van der Waals surface area contributed by atoms with Gasteiger partial charge < -0.3 is 10.1 Å². The second-order valence-corrected chi connectivity index (χ2v) is 9.06. The number of aryl methyl sites for hydroxylation is 1. The molecule has 0 unspecified atom stereocenters. The Morgan fingerprint density at radius 1 is 1.12 bits per heavy atom. The van der Waals surface area contributed by atoms with E-state index in [1.807, 2.05) is 36.4 Å². The van der Waals surface area contributed by atoms with Gasteiger partial charge in [0.05, 0.1) is 34.0 Å². The minimum Gasteiger partial charge on any atom is -0.462 e. The summed E-state index contributed by atoms with van der Waals surface area (Å²) < 4.78 is 6.57. The molecule has 0 aliphatic carbocycles. The van der Waals surface area contributed by atoms with Gasteiger partial charge in [-0.05, 0) is 49.7 Å². The van der Waals surface area contributed by atoms with E-state index in [-0.39, 0.29) is 23.8 Å². The van der Waals surface area contributed by atoms with E-state index in [0.29, 0.717) is 31.6 Å². The summed E-state index contributed by atoms with van der Waals surface area (Å²) in [5, 5.41) is 4.32. The molecule has 0 bridgehead atoms. The van der Waals surface area contributed by atoms with Gasteiger partial charge in [0.15, 0.2) is 5.16 Å². The van der Waals surface area contributed by atoms with Crippen LogP contribution in [0, 0.1) is 6.92 Å². The Kier molecular flexibility index (Phi) is 6.90. The molecule has 1 amide bonds. The fraction of sp³-hybridized carbons (Fsp3) is 0.167. The molecule has 7 nitrogen and oxygen atoms in total. The Hall–Kier alpha value is -3.43. The number of anilines is 1. The van der Waals surface area contributed by atoms with E-state index in [9.17, 15) is 14.4 Å². The first kappa shape index (κ1) is 22.8. The van der Waals surface area contributed by atoms with Gasteiger partial charge in [-0.2, -0.15) is 0 Å². The number of nitrogens with zero attached hydrogens (tertiary/aromatic N) is 2. The van der Waals surface area contributed by atoms with Crippen LogP contribution in [0.3, 0.4) is 0 Å². The Balaban J connectivity index is 1.57. The summed E-state index contributed by atoms with van der Waals surface area (Å²) >= 11 is 2.35. The highest BCUT2D eigenvalue weighted by molar-refractivity contribution is 7.99. The molecule has 2 aromatic heterocycles. The van der Waals surface area contributed by atoms with Crippen LogP contribution in [-0.2, 0) is 9.53 Å². The minimum atomic E-state index is -0.401. The number of thioether (sulfide) groups is 1. The number of nitrogens with one attached hydrogen (secondary N) is 1. The lowest BCUT2D eigenvalue weighted by Crippen LogP contribution is -2.22. The maximum Gasteiger partial charge on any atom is 0.348 e. The Morgan fingerprint density at radius 3 is 2.61 bits per heavy atom. The van der Waals surface area contributed by atoms with Crippen molar-refractivity contribution in [3.8, 4) is 5.69 Å². The molecule has 0 spiro atoms. The van der Waals surface area contributed by atoms with Crippen LogP contribution in [0.5, 0.6) is 0 Å². The van der Waals surface area contributed by atoms with Gasteiger partial charge in [0.25, 0.3) is 5.56 Å². The van der Waals surface area contributed by atoms with Gasteiger partial charge >= 0.3 is 5.97 Å². The normalized spacial score (nSPS) is 10.8. The van der Waals surface area contributed by atoms with E-state index in [4.69, 9.17) is 4.74 Å². The van der Waals surface area contributed by atoms with Crippen molar-refractivity contribution in [3.05, 3.63) is 81.5 Å². The van der Waals surface area contributed by atoms with E-state index < -0.39 is 5.97 Å². The smallest absolute Gasteiger partial charge is 0.348 e. The maximum atomic E-state index is 13.2. The van der Waals surface area contributed by atoms with Crippen LogP contribution in [0.2, 0.25) is 0 Å². The third kappa shape index (κ3) is 4.99. The van der Waals surface area contributed by atoms with Gasteiger partial charge in [0.2, 0.25) is 5.91 Å². The molecule has 4 rings (SSSR count). The highest BCUT2D eigenvalue weighted by Crippen LogP contribution is 2.28. The zero-order valence-corrected chi connectivity index (χ0v) is 19.7. The van der Waals surface area contributed by atoms with Crippen LogP contribution in [0.15, 0.2) is 70.6 Å². The number of amides is 1. The summed E-state index contributed by atoms with van der Waals surface area (Å²) in [6, 6.07) is 18.1. The van der Waals surface area contributed by atoms with Gasteiger partial charge in [0, 0.05) is 0 Å². The lowest BCUT2D eigenvalue weighted by Gasteiger charge is -2.13. The van der Waals surface area contributed by atoms with E-state index in [1.54, 1.807) is 38.1 Å². The van der Waals surface area contributed by atoms with E-state index >= 15 is 0 Å². The number of hydrogen-bond donors (Lipinski definition) is 1. The molecule has 2 aromatic carbocycles. The fourth-order valence-electron chi connectivity index (χ4n) is 3.26. The third-order valence-electron chi connectivity index (χ3n) is 4.73. The largest absolute Gasteiger partial charge is 0.462 e. The molecule has 1 N–H and O–H groups in total. The molecule has 0 saturated carbocycles. The van der Waals surface area contributed by atoms with Crippen molar-refractivity contribution >= 4 is 50.9 Å². The molecule has 9 heteroatoms. The number of carbonyl (C=O) groups is 2. The summed E-state index contributed by atoms with van der Waals surface area (Å²) in [6.45, 7) is 3.83. The van der Waals surface area contributed by atoms with Gasteiger partial charge in [0.1, 0.15) is 4.88 Å². The standard InChI is InChI=1S/C24H21N3O4S2/c1-3-31-23(30)21-15(2)13-20(33-21)26-19(28)14-32-24-25-18-12-8-7-11-17(18)22(29)27(24)16-9-5-4-6-10-16/h4-13H,3,14H2,1-2H3,(H,26,28). The average molecular weight is 480 g/mol. The van der Waals surface area contributed by atoms with Crippen molar-refractivity contribution in [1.29, 1.82) is 0 Å². The first-order chi connectivity index (χ1) is 16.0. The van der Waals surface area contributed by atoms with Crippen molar-refractivity contribution in [2.45, 2.75) is 19.0 Å². The molecule has 0 aliphatic heterocycles. The maximum absolute atomic E-state index is 13.2. The van der Waals surface area contributed by atoms with Crippen LogP contribution < -0.4 is 10.9 Å². The molecule has 0 fully saturated rings. The highest BCUT2D eigenvalue weighted by atomic mass is 32.2. The Morgan fingerprint density at radius 2 is 1.85 bits per heavy atom. The summed E-state index contributed by atoms with van der Waals surface area (Å²) in [5.74, 6) is -0.621. The number of esters is 1. The fourth-order valence-corrected chi connectivity index (χ4v) is 5.06. The molecule has 33 heavy (non-hydrogen) atoms. The zero-order valence-electron chi connectivity index (χ0n) is 18.0. The van der Waals surface area contributed by atoms with E-state index in [1.165, 1.54) is 27.7 Å². The number of hydrogen-bond acceptors (Lipinski definition) is 7. The molecule has 4 aromatic rings. The van der Waals surface area contributed by atoms with E-state index in [2.05, 4.69) is 10.3 Å². The minimum absolute atomic E-state index is 0.0449. The molecule has 0 atom stereocenters. The van der Waals surface area contributed by atoms with Crippen molar-refractivity contribution in [2.24, 2.45) is 0 Å². The first-order valence-electron chi connectivity index (χ1n) is 10.3. The molecule has 2 heterocycles. The number of ether oxygens (including phenoxy) is 1. The number of rotatable bonds is 7. The molecule has 168 valence electrons. The molecule has 0 aliphatic rings. The second kappa shape index (κ2) is 10.0. The first-order valence-corrected chi connectivity index (χ1v) is 12.1. The van der Waals surface area contributed by atoms with Crippen molar-refractivity contribution in [3.63, 3.8) is 0 Å². The number of carbonyl (C=O) groups excluding carboxylic acids is 2. The molecule has 0 radical (unpaired) electrons. The summed E-state index contributed by atoms with van der Waals surface area (Å²) in [6.07, 6.45) is 0. The summed E-state index contributed by atoms with van der Waals surface area (Å²) in [4.78, 5) is 43.0. The lowest BCUT2D eigenvalue weighted by molar-refractivity contribution is -0.113. The predicted octanol–water partition coefficient (Wildman–Crippen LogP) is 4.66. The number of aromatic nitrogens is 2. The van der Waals surface area contributed by atoms with Crippen LogP contribution in [0.25, 0.3) is 16.6 Å². The van der Waals surface area contributed by atoms with Gasteiger partial charge in [-0.15, -0.1) is 11.3 Å². The third-order valence-corrected chi connectivity index (χ3v) is 6.80. The summed E-state index contributed by atoms with van der Waals surface area (Å²) in [7, 11) is 0. The number of benzene rings is 2. The van der Waals surface area contributed by atoms with Crippen LogP contribution in [0.1, 0.15) is 22.2 Å². The Bertz CT molecular complexity index is 1380. The van der Waals surface area contributed by atoms with Crippen molar-refractivity contribution in [1.82, 2.24) is 9.55 Å². The van der Waals surface area contributed by atoms with Crippen molar-refractivity contribution in [2.75, 3.05) is 17.7 Å². The number of para-hydroxylation sites is 2. The van der Waals surface area contributed by atoms with Gasteiger partial charge in [-0.25, -0.2) is 9.78 Å².